The van der Waals surface area contributed by atoms with Crippen molar-refractivity contribution >= 4 is 5.69 Å². The molecule has 72 valence electrons. The molecule has 0 unspecified atom stereocenters. The first-order chi connectivity index (χ1) is 6.92. The van der Waals surface area contributed by atoms with Gasteiger partial charge in [0.2, 0.25) is 0 Å². The van der Waals surface area contributed by atoms with Crippen LogP contribution in [0.4, 0.5) is 5.69 Å². The van der Waals surface area contributed by atoms with Crippen LogP contribution in [0, 0.1) is 0 Å². The van der Waals surface area contributed by atoms with Crippen molar-refractivity contribution in [2.45, 2.75) is 6.92 Å². The molecule has 0 aromatic carbocycles. The van der Waals surface area contributed by atoms with Crippen LogP contribution in [0.1, 0.15) is 6.92 Å². The van der Waals surface area contributed by atoms with Crippen molar-refractivity contribution in [1.29, 1.82) is 0 Å². The average Bonchev–Trinajstić information content (AvgIpc) is 2.72. The van der Waals surface area contributed by atoms with E-state index in [0.717, 1.165) is 18.1 Å². The van der Waals surface area contributed by atoms with Crippen LogP contribution in [0.25, 0.3) is 5.82 Å². The van der Waals surface area contributed by atoms with Gasteiger partial charge in [0.25, 0.3) is 0 Å². The Hall–Kier alpha value is -1.91. The quantitative estimate of drug-likeness (QED) is 0.785. The zero-order valence-corrected chi connectivity index (χ0v) is 7.88. The van der Waals surface area contributed by atoms with E-state index in [-0.39, 0.29) is 0 Å². The molecular formula is C9H11N5. The molecule has 0 spiro atoms. The largest absolute Gasteiger partial charge is 0.382 e. The van der Waals surface area contributed by atoms with Gasteiger partial charge in [-0.2, -0.15) is 5.10 Å². The summed E-state index contributed by atoms with van der Waals surface area (Å²) in [4.78, 5) is 8.12. The van der Waals surface area contributed by atoms with Crippen molar-refractivity contribution in [2.75, 3.05) is 11.9 Å². The fourth-order valence-corrected chi connectivity index (χ4v) is 1.23. The first-order valence-corrected chi connectivity index (χ1v) is 4.45. The fraction of sp³-hybridized carbons (Fsp3) is 0.222. The molecule has 5 nitrogen and oxygen atoms in total. The van der Waals surface area contributed by atoms with Crippen LogP contribution in [-0.4, -0.2) is 26.3 Å². The predicted molar refractivity (Wildman–Crippen MR) is 53.3 cm³/mol. The smallest absolute Gasteiger partial charge is 0.178 e. The zero-order chi connectivity index (χ0) is 9.80. The molecule has 0 bridgehead atoms. The van der Waals surface area contributed by atoms with E-state index in [1.807, 2.05) is 19.1 Å². The van der Waals surface area contributed by atoms with Gasteiger partial charge in [-0.3, -0.25) is 0 Å². The Morgan fingerprint density at radius 3 is 3.14 bits per heavy atom. The Kier molecular flexibility index (Phi) is 2.40. The van der Waals surface area contributed by atoms with Crippen molar-refractivity contribution in [3.05, 3.63) is 31.0 Å². The van der Waals surface area contributed by atoms with E-state index in [1.165, 1.54) is 6.33 Å². The first kappa shape index (κ1) is 8.68. The predicted octanol–water partition coefficient (Wildman–Crippen LogP) is 1.09. The van der Waals surface area contributed by atoms with Gasteiger partial charge in [0.05, 0.1) is 5.69 Å². The minimum absolute atomic E-state index is 0.770. The van der Waals surface area contributed by atoms with Gasteiger partial charge >= 0.3 is 0 Å². The van der Waals surface area contributed by atoms with E-state index in [9.17, 15) is 0 Å². The average molecular weight is 189 g/mol. The van der Waals surface area contributed by atoms with E-state index in [4.69, 9.17) is 0 Å². The van der Waals surface area contributed by atoms with Gasteiger partial charge in [-0.05, 0) is 19.1 Å². The molecule has 0 radical (unpaired) electrons. The molecule has 0 amide bonds. The lowest BCUT2D eigenvalue weighted by Gasteiger charge is -2.07. The minimum atomic E-state index is 0.770. The van der Waals surface area contributed by atoms with Crippen molar-refractivity contribution in [2.24, 2.45) is 0 Å². The molecular weight excluding hydrogens is 178 g/mol. The highest BCUT2D eigenvalue weighted by atomic mass is 15.3. The summed E-state index contributed by atoms with van der Waals surface area (Å²) < 4.78 is 1.64. The maximum atomic E-state index is 4.24. The summed E-state index contributed by atoms with van der Waals surface area (Å²) in [7, 11) is 0. The number of pyridine rings is 1. The number of anilines is 1. The van der Waals surface area contributed by atoms with E-state index in [2.05, 4.69) is 20.4 Å². The third-order valence-corrected chi connectivity index (χ3v) is 1.79. The van der Waals surface area contributed by atoms with Gasteiger partial charge in [0.15, 0.2) is 5.82 Å². The summed E-state index contributed by atoms with van der Waals surface area (Å²) >= 11 is 0. The maximum absolute atomic E-state index is 4.24. The minimum Gasteiger partial charge on any atom is -0.382 e. The highest BCUT2D eigenvalue weighted by Gasteiger charge is 2.03. The molecule has 0 saturated carbocycles. The zero-order valence-electron chi connectivity index (χ0n) is 7.88. The van der Waals surface area contributed by atoms with E-state index in [1.54, 1.807) is 17.2 Å². The molecule has 0 aliphatic heterocycles. The monoisotopic (exact) mass is 189 g/mol. The van der Waals surface area contributed by atoms with Crippen molar-refractivity contribution in [3.8, 4) is 5.82 Å². The second kappa shape index (κ2) is 3.87. The molecule has 5 heteroatoms. The first-order valence-electron chi connectivity index (χ1n) is 4.45. The Bertz CT molecular complexity index is 395. The van der Waals surface area contributed by atoms with Gasteiger partial charge in [0.1, 0.15) is 12.7 Å². The van der Waals surface area contributed by atoms with E-state index in [0.29, 0.717) is 0 Å². The highest BCUT2D eigenvalue weighted by Crippen LogP contribution is 2.14. The number of hydrogen-bond acceptors (Lipinski definition) is 4. The van der Waals surface area contributed by atoms with Crippen LogP contribution in [0.5, 0.6) is 0 Å². The van der Waals surface area contributed by atoms with Gasteiger partial charge in [-0.25, -0.2) is 14.6 Å². The van der Waals surface area contributed by atoms with Crippen LogP contribution < -0.4 is 5.32 Å². The molecule has 2 aromatic heterocycles. The third kappa shape index (κ3) is 1.56. The number of nitrogens with zero attached hydrogens (tertiary/aromatic N) is 4. The lowest BCUT2D eigenvalue weighted by Crippen LogP contribution is -2.05. The highest BCUT2D eigenvalue weighted by molar-refractivity contribution is 5.55. The topological polar surface area (TPSA) is 55.6 Å². The van der Waals surface area contributed by atoms with Crippen molar-refractivity contribution < 1.29 is 0 Å². The molecule has 2 aromatic rings. The molecule has 0 aliphatic rings. The van der Waals surface area contributed by atoms with Crippen LogP contribution in [-0.2, 0) is 0 Å². The summed E-state index contributed by atoms with van der Waals surface area (Å²) in [5, 5.41) is 7.25. The van der Waals surface area contributed by atoms with E-state index < -0.39 is 0 Å². The molecule has 0 aliphatic carbocycles. The Balaban J connectivity index is 2.42. The van der Waals surface area contributed by atoms with Crippen LogP contribution in [0.3, 0.4) is 0 Å². The molecule has 0 fully saturated rings. The number of rotatable bonds is 3. The van der Waals surface area contributed by atoms with Crippen LogP contribution in [0.15, 0.2) is 31.0 Å². The fourth-order valence-electron chi connectivity index (χ4n) is 1.23. The second-order valence-corrected chi connectivity index (χ2v) is 2.74. The normalized spacial score (nSPS) is 10.1. The number of nitrogens with one attached hydrogen (secondary N) is 1. The van der Waals surface area contributed by atoms with E-state index >= 15 is 0 Å². The number of hydrogen-bond donors (Lipinski definition) is 1. The summed E-state index contributed by atoms with van der Waals surface area (Å²) in [6.45, 7) is 2.89. The van der Waals surface area contributed by atoms with Crippen LogP contribution >= 0.6 is 0 Å². The molecule has 0 atom stereocenters. The summed E-state index contributed by atoms with van der Waals surface area (Å²) in [5.74, 6) is 0.770. The lowest BCUT2D eigenvalue weighted by molar-refractivity contribution is 0.845. The molecule has 1 N–H and O–H groups in total. The Labute approximate surface area is 81.8 Å². The van der Waals surface area contributed by atoms with Gasteiger partial charge in [0, 0.05) is 12.7 Å². The maximum Gasteiger partial charge on any atom is 0.178 e. The van der Waals surface area contributed by atoms with Gasteiger partial charge < -0.3 is 5.32 Å². The standard InChI is InChI=1S/C9H11N5/c1-2-11-8-4-3-5-12-9(8)14-7-10-6-13-14/h3-7,11H,2H2,1H3. The third-order valence-electron chi connectivity index (χ3n) is 1.79. The van der Waals surface area contributed by atoms with Crippen LogP contribution in [0.2, 0.25) is 0 Å². The molecule has 14 heavy (non-hydrogen) atoms. The summed E-state index contributed by atoms with van der Waals surface area (Å²) in [6.07, 6.45) is 4.85. The summed E-state index contributed by atoms with van der Waals surface area (Å²) in [5.41, 5.74) is 0.959. The SMILES string of the molecule is CCNc1cccnc1-n1cncn1. The second-order valence-electron chi connectivity index (χ2n) is 2.74. The molecule has 2 rings (SSSR count). The molecule has 0 saturated heterocycles. The molecule has 2 heterocycles. The Morgan fingerprint density at radius 1 is 1.50 bits per heavy atom. The van der Waals surface area contributed by atoms with Gasteiger partial charge in [-0.15, -0.1) is 0 Å². The van der Waals surface area contributed by atoms with Crippen molar-refractivity contribution in [1.82, 2.24) is 19.7 Å². The number of aromatic nitrogens is 4. The Morgan fingerprint density at radius 2 is 2.43 bits per heavy atom. The summed E-state index contributed by atoms with van der Waals surface area (Å²) in [6, 6.07) is 3.85. The van der Waals surface area contributed by atoms with Gasteiger partial charge in [-0.1, -0.05) is 0 Å². The van der Waals surface area contributed by atoms with Crippen molar-refractivity contribution in [3.63, 3.8) is 0 Å². The lowest BCUT2D eigenvalue weighted by atomic mass is 10.4.